The molecule has 1 heterocycles. The molecule has 1 aromatic heterocycles. The fraction of sp³-hybridized carbons (Fsp3) is 0.292. The van der Waals surface area contributed by atoms with Crippen molar-refractivity contribution in [1.29, 1.82) is 0 Å². The molecular weight excluding hydrogens is 412 g/mol. The average molecular weight is 439 g/mol. The Balaban J connectivity index is 1.80. The maximum Gasteiger partial charge on any atom is 0.254 e. The molecule has 31 heavy (non-hydrogen) atoms. The van der Waals surface area contributed by atoms with Crippen molar-refractivity contribution in [2.24, 2.45) is 0 Å². The number of aromatic nitrogens is 2. The minimum absolute atomic E-state index is 0.102. The summed E-state index contributed by atoms with van der Waals surface area (Å²) in [6.45, 7) is 8.12. The molecule has 0 spiro atoms. The topological polar surface area (TPSA) is 67.2 Å². The van der Waals surface area contributed by atoms with Crippen molar-refractivity contribution in [3.63, 3.8) is 0 Å². The van der Waals surface area contributed by atoms with Gasteiger partial charge in [-0.2, -0.15) is 5.10 Å². The molecule has 0 aliphatic carbocycles. The fourth-order valence-corrected chi connectivity index (χ4v) is 3.22. The lowest BCUT2D eigenvalue weighted by atomic mass is 9.92. The lowest BCUT2D eigenvalue weighted by Gasteiger charge is -2.17. The van der Waals surface area contributed by atoms with Crippen LogP contribution < -0.4 is 5.32 Å². The van der Waals surface area contributed by atoms with Gasteiger partial charge in [0.1, 0.15) is 5.82 Å². The quantitative estimate of drug-likeness (QED) is 0.619. The Morgan fingerprint density at radius 1 is 1.10 bits per heavy atom. The number of likely N-dealkylation sites (N-methyl/N-ethyl adjacent to an activating group) is 1. The van der Waals surface area contributed by atoms with Gasteiger partial charge in [0, 0.05) is 29.1 Å². The predicted molar refractivity (Wildman–Crippen MR) is 124 cm³/mol. The minimum Gasteiger partial charge on any atom is -0.332 e. The number of amides is 2. The number of hydrogen-bond donors (Lipinski definition) is 1. The number of nitrogens with zero attached hydrogens (tertiary/aromatic N) is 3. The summed E-state index contributed by atoms with van der Waals surface area (Å²) in [5.41, 5.74) is 3.09. The van der Waals surface area contributed by atoms with E-state index in [2.05, 4.69) is 26.1 Å². The van der Waals surface area contributed by atoms with E-state index in [1.807, 2.05) is 37.3 Å². The van der Waals surface area contributed by atoms with Crippen LogP contribution in [0.5, 0.6) is 0 Å². The summed E-state index contributed by atoms with van der Waals surface area (Å²) < 4.78 is 1.72. The van der Waals surface area contributed by atoms with Crippen LogP contribution >= 0.6 is 11.6 Å². The molecule has 3 rings (SSSR count). The second kappa shape index (κ2) is 8.94. The highest BCUT2D eigenvalue weighted by atomic mass is 35.5. The van der Waals surface area contributed by atoms with Gasteiger partial charge in [-0.1, -0.05) is 56.1 Å². The largest absolute Gasteiger partial charge is 0.332 e. The Morgan fingerprint density at radius 2 is 1.77 bits per heavy atom. The Labute approximate surface area is 187 Å². The van der Waals surface area contributed by atoms with Gasteiger partial charge in [0.25, 0.3) is 5.91 Å². The molecule has 0 fully saturated rings. The van der Waals surface area contributed by atoms with E-state index in [0.29, 0.717) is 16.4 Å². The van der Waals surface area contributed by atoms with Crippen molar-refractivity contribution < 1.29 is 9.59 Å². The van der Waals surface area contributed by atoms with Gasteiger partial charge in [0.15, 0.2) is 0 Å². The molecule has 0 bridgehead atoms. The highest BCUT2D eigenvalue weighted by Gasteiger charge is 2.22. The number of hydrogen-bond acceptors (Lipinski definition) is 3. The molecule has 2 amide bonds. The Hall–Kier alpha value is -3.12. The zero-order chi connectivity index (χ0) is 22.8. The maximum atomic E-state index is 12.7. The number of halogens is 1. The number of anilines is 1. The molecule has 0 saturated heterocycles. The third-order valence-electron chi connectivity index (χ3n) is 4.82. The van der Waals surface area contributed by atoms with Crippen LogP contribution in [0.3, 0.4) is 0 Å². The molecule has 0 atom stereocenters. The summed E-state index contributed by atoms with van der Waals surface area (Å²) in [5.74, 6) is -0.0333. The van der Waals surface area contributed by atoms with E-state index in [-0.39, 0.29) is 23.8 Å². The lowest BCUT2D eigenvalue weighted by molar-refractivity contribution is -0.116. The van der Waals surface area contributed by atoms with Crippen molar-refractivity contribution in [2.75, 3.05) is 18.9 Å². The van der Waals surface area contributed by atoms with Gasteiger partial charge < -0.3 is 10.2 Å². The number of carbonyl (C=O) groups excluding carboxylic acids is 2. The molecule has 0 unspecified atom stereocenters. The Kier molecular flexibility index (Phi) is 6.51. The van der Waals surface area contributed by atoms with Crippen molar-refractivity contribution >= 4 is 29.2 Å². The van der Waals surface area contributed by atoms with E-state index in [0.717, 1.165) is 16.9 Å². The third-order valence-corrected chi connectivity index (χ3v) is 5.06. The van der Waals surface area contributed by atoms with E-state index in [1.165, 1.54) is 4.90 Å². The van der Waals surface area contributed by atoms with Crippen molar-refractivity contribution in [3.8, 4) is 5.69 Å². The molecule has 0 saturated carbocycles. The molecule has 2 aromatic carbocycles. The van der Waals surface area contributed by atoms with Crippen LogP contribution in [0.2, 0.25) is 5.02 Å². The Morgan fingerprint density at radius 3 is 2.39 bits per heavy atom. The molecule has 0 radical (unpaired) electrons. The van der Waals surface area contributed by atoms with E-state index in [4.69, 9.17) is 16.7 Å². The summed E-state index contributed by atoms with van der Waals surface area (Å²) in [5, 5.41) is 8.09. The fourth-order valence-electron chi connectivity index (χ4n) is 3.03. The zero-order valence-electron chi connectivity index (χ0n) is 18.4. The molecule has 7 heteroatoms. The second-order valence-corrected chi connectivity index (χ2v) is 9.07. The first-order chi connectivity index (χ1) is 14.5. The highest BCUT2D eigenvalue weighted by Crippen LogP contribution is 2.26. The molecule has 0 aliphatic heterocycles. The van der Waals surface area contributed by atoms with Crippen LogP contribution in [0, 0.1) is 6.92 Å². The number of carbonyl (C=O) groups is 2. The van der Waals surface area contributed by atoms with Gasteiger partial charge in [0.05, 0.1) is 17.9 Å². The van der Waals surface area contributed by atoms with Crippen LogP contribution in [0.15, 0.2) is 54.6 Å². The number of rotatable bonds is 5. The number of nitrogens with one attached hydrogen (secondary N) is 1. The van der Waals surface area contributed by atoms with Crippen LogP contribution in [0.4, 0.5) is 5.82 Å². The summed E-state index contributed by atoms with van der Waals surface area (Å²) in [4.78, 5) is 26.7. The predicted octanol–water partition coefficient (Wildman–Crippen LogP) is 4.84. The average Bonchev–Trinajstić information content (AvgIpc) is 3.12. The van der Waals surface area contributed by atoms with Crippen molar-refractivity contribution in [1.82, 2.24) is 14.7 Å². The molecule has 162 valence electrons. The monoisotopic (exact) mass is 438 g/mol. The van der Waals surface area contributed by atoms with Gasteiger partial charge in [-0.15, -0.1) is 0 Å². The summed E-state index contributed by atoms with van der Waals surface area (Å²) >= 11 is 5.97. The molecule has 6 nitrogen and oxygen atoms in total. The van der Waals surface area contributed by atoms with E-state index in [9.17, 15) is 9.59 Å². The minimum atomic E-state index is -0.313. The lowest BCUT2D eigenvalue weighted by Crippen LogP contribution is -2.35. The van der Waals surface area contributed by atoms with Crippen molar-refractivity contribution in [2.45, 2.75) is 33.1 Å². The van der Waals surface area contributed by atoms with Gasteiger partial charge in [0.2, 0.25) is 5.91 Å². The van der Waals surface area contributed by atoms with E-state index in [1.54, 1.807) is 36.0 Å². The van der Waals surface area contributed by atoms with Crippen LogP contribution in [0.25, 0.3) is 5.69 Å². The molecule has 1 N–H and O–H groups in total. The van der Waals surface area contributed by atoms with E-state index >= 15 is 0 Å². The van der Waals surface area contributed by atoms with Gasteiger partial charge in [-0.25, -0.2) is 4.68 Å². The van der Waals surface area contributed by atoms with Gasteiger partial charge >= 0.3 is 0 Å². The molecule has 3 aromatic rings. The molecular formula is C24H27ClN4O2. The normalized spacial score (nSPS) is 11.3. The van der Waals surface area contributed by atoms with E-state index < -0.39 is 0 Å². The van der Waals surface area contributed by atoms with Gasteiger partial charge in [-0.3, -0.25) is 9.59 Å². The maximum absolute atomic E-state index is 12.7. The first-order valence-corrected chi connectivity index (χ1v) is 10.4. The third kappa shape index (κ3) is 5.52. The zero-order valence-corrected chi connectivity index (χ0v) is 19.2. The summed E-state index contributed by atoms with van der Waals surface area (Å²) in [7, 11) is 1.58. The SMILES string of the molecule is Cc1ccc(-n2nc(C(C)(C)C)cc2NC(=O)CN(C)C(=O)c2cccc(Cl)c2)cc1. The highest BCUT2D eigenvalue weighted by molar-refractivity contribution is 6.31. The standard InChI is InChI=1S/C24H27ClN4O2/c1-16-9-11-19(12-10-16)29-21(14-20(27-29)24(2,3)4)26-22(30)15-28(5)23(31)17-7-6-8-18(25)13-17/h6-14H,15H2,1-5H3,(H,26,30). The van der Waals surface area contributed by atoms with Crippen LogP contribution in [-0.4, -0.2) is 40.1 Å². The second-order valence-electron chi connectivity index (χ2n) is 8.63. The smallest absolute Gasteiger partial charge is 0.254 e. The first-order valence-electron chi connectivity index (χ1n) is 10.0. The van der Waals surface area contributed by atoms with Crippen LogP contribution in [-0.2, 0) is 10.2 Å². The molecule has 0 aliphatic rings. The summed E-state index contributed by atoms with van der Waals surface area (Å²) in [6.07, 6.45) is 0. The number of benzene rings is 2. The number of aryl methyl sites for hydroxylation is 1. The first kappa shape index (κ1) is 22.6. The van der Waals surface area contributed by atoms with Crippen molar-refractivity contribution in [3.05, 3.63) is 76.4 Å². The summed E-state index contributed by atoms with van der Waals surface area (Å²) in [6, 6.07) is 16.4. The van der Waals surface area contributed by atoms with Gasteiger partial charge in [-0.05, 0) is 37.3 Å². The Bertz CT molecular complexity index is 1100. The van der Waals surface area contributed by atoms with Crippen LogP contribution in [0.1, 0.15) is 42.4 Å².